The third-order valence-corrected chi connectivity index (χ3v) is 6.23. The van der Waals surface area contributed by atoms with Crippen molar-refractivity contribution >= 4 is 29.1 Å². The Morgan fingerprint density at radius 3 is 1.85 bits per heavy atom. The van der Waals surface area contributed by atoms with Crippen LogP contribution in [-0.2, 0) is 0 Å². The average Bonchev–Trinajstić information content (AvgIpc) is 2.89. The van der Waals surface area contributed by atoms with Crippen LogP contribution in [0, 0.1) is 0 Å². The topological polar surface area (TPSA) is 63.7 Å². The van der Waals surface area contributed by atoms with E-state index in [0.717, 1.165) is 18.6 Å². The number of hydrogen-bond donors (Lipinski definition) is 0. The highest BCUT2D eigenvalue weighted by molar-refractivity contribution is 6.30. The second kappa shape index (κ2) is 11.1. The molecule has 1 aliphatic rings. The molecule has 0 saturated carbocycles. The molecule has 0 N–H and O–H groups in total. The fourth-order valence-electron chi connectivity index (χ4n) is 4.00. The molecule has 0 atom stereocenters. The van der Waals surface area contributed by atoms with Crippen molar-refractivity contribution in [3.05, 3.63) is 101 Å². The molecule has 3 aromatic rings. The van der Waals surface area contributed by atoms with Gasteiger partial charge in [0.1, 0.15) is 11.9 Å². The Bertz CT molecular complexity index is 1140. The number of benzene rings is 3. The van der Waals surface area contributed by atoms with Gasteiger partial charge in [-0.1, -0.05) is 54.1 Å². The van der Waals surface area contributed by atoms with Crippen LogP contribution in [0.25, 0.3) is 0 Å². The molecule has 6 heteroatoms. The van der Waals surface area contributed by atoms with Gasteiger partial charge in [-0.3, -0.25) is 14.4 Å². The van der Waals surface area contributed by atoms with Gasteiger partial charge in [-0.05, 0) is 36.4 Å². The van der Waals surface area contributed by atoms with Crippen molar-refractivity contribution in [1.82, 2.24) is 4.90 Å². The van der Waals surface area contributed by atoms with E-state index in [2.05, 4.69) is 0 Å². The first kappa shape index (κ1) is 23.7. The molecular formula is C28H26ClNO4. The number of hydrogen-bond acceptors (Lipinski definition) is 4. The van der Waals surface area contributed by atoms with E-state index < -0.39 is 0 Å². The van der Waals surface area contributed by atoms with Crippen molar-refractivity contribution in [2.24, 2.45) is 0 Å². The maximum Gasteiger partial charge on any atom is 0.253 e. The van der Waals surface area contributed by atoms with E-state index in [0.29, 0.717) is 34.8 Å². The second-order valence-corrected chi connectivity index (χ2v) is 8.79. The lowest BCUT2D eigenvalue weighted by molar-refractivity contribution is 0.0595. The van der Waals surface area contributed by atoms with Crippen molar-refractivity contribution in [2.75, 3.05) is 13.1 Å². The average molecular weight is 476 g/mol. The lowest BCUT2D eigenvalue weighted by Gasteiger charge is -2.32. The van der Waals surface area contributed by atoms with Gasteiger partial charge in [0.25, 0.3) is 5.91 Å². The Kier molecular flexibility index (Phi) is 7.76. The monoisotopic (exact) mass is 475 g/mol. The van der Waals surface area contributed by atoms with Crippen molar-refractivity contribution in [3.63, 3.8) is 0 Å². The van der Waals surface area contributed by atoms with Crippen LogP contribution in [0.1, 0.15) is 56.8 Å². The largest absolute Gasteiger partial charge is 0.490 e. The third-order valence-electron chi connectivity index (χ3n) is 5.97. The minimum absolute atomic E-state index is 0.0517. The Labute approximate surface area is 204 Å². The molecule has 3 aromatic carbocycles. The minimum atomic E-state index is -0.108. The van der Waals surface area contributed by atoms with Crippen LogP contribution in [-0.4, -0.2) is 41.6 Å². The number of halogens is 1. The maximum absolute atomic E-state index is 12.9. The summed E-state index contributed by atoms with van der Waals surface area (Å²) in [4.78, 5) is 39.4. The first-order valence-electron chi connectivity index (χ1n) is 11.4. The number of rotatable bonds is 8. The molecule has 1 heterocycles. The zero-order chi connectivity index (χ0) is 23.9. The molecule has 1 amide bonds. The normalized spacial score (nSPS) is 14.0. The van der Waals surface area contributed by atoms with E-state index in [1.54, 1.807) is 60.7 Å². The van der Waals surface area contributed by atoms with E-state index in [1.807, 2.05) is 23.1 Å². The third kappa shape index (κ3) is 6.12. The standard InChI is InChI=1S/C28H26ClNO4/c29-23-10-12-24(13-11-23)34-25-16-18-30(19-17-25)28(33)22-8-6-21(7-9-22)27(32)15-14-26(31)20-4-2-1-3-5-20/h1-13,25H,14-19H2. The fourth-order valence-corrected chi connectivity index (χ4v) is 4.13. The highest BCUT2D eigenvalue weighted by atomic mass is 35.5. The number of carbonyl (C=O) groups excluding carboxylic acids is 3. The summed E-state index contributed by atoms with van der Waals surface area (Å²) in [6, 6.07) is 23.0. The van der Waals surface area contributed by atoms with E-state index in [4.69, 9.17) is 16.3 Å². The minimum Gasteiger partial charge on any atom is -0.490 e. The molecule has 1 aliphatic heterocycles. The van der Waals surface area contributed by atoms with Gasteiger partial charge in [-0.15, -0.1) is 0 Å². The molecule has 4 rings (SSSR count). The Balaban J connectivity index is 1.26. The molecule has 174 valence electrons. The van der Waals surface area contributed by atoms with E-state index in [-0.39, 0.29) is 36.4 Å². The Hall–Kier alpha value is -3.44. The summed E-state index contributed by atoms with van der Waals surface area (Å²) >= 11 is 5.91. The van der Waals surface area contributed by atoms with Gasteiger partial charge < -0.3 is 9.64 Å². The zero-order valence-corrected chi connectivity index (χ0v) is 19.5. The van der Waals surface area contributed by atoms with Crippen molar-refractivity contribution in [2.45, 2.75) is 31.8 Å². The quantitative estimate of drug-likeness (QED) is 0.382. The molecular weight excluding hydrogens is 450 g/mol. The highest BCUT2D eigenvalue weighted by Crippen LogP contribution is 2.22. The van der Waals surface area contributed by atoms with E-state index in [1.165, 1.54) is 0 Å². The maximum atomic E-state index is 12.9. The van der Waals surface area contributed by atoms with Crippen molar-refractivity contribution < 1.29 is 19.1 Å². The number of ketones is 2. The molecule has 5 nitrogen and oxygen atoms in total. The molecule has 0 aliphatic carbocycles. The summed E-state index contributed by atoms with van der Waals surface area (Å²) in [5.41, 5.74) is 1.67. The van der Waals surface area contributed by atoms with Crippen LogP contribution < -0.4 is 4.74 Å². The summed E-state index contributed by atoms with van der Waals surface area (Å²) < 4.78 is 6.00. The summed E-state index contributed by atoms with van der Waals surface area (Å²) in [5, 5.41) is 0.668. The number of carbonyl (C=O) groups is 3. The highest BCUT2D eigenvalue weighted by Gasteiger charge is 2.25. The first-order valence-corrected chi connectivity index (χ1v) is 11.8. The van der Waals surface area contributed by atoms with Crippen molar-refractivity contribution in [3.8, 4) is 5.75 Å². The van der Waals surface area contributed by atoms with E-state index in [9.17, 15) is 14.4 Å². The predicted octanol–water partition coefficient (Wildman–Crippen LogP) is 5.87. The van der Waals surface area contributed by atoms with Crippen LogP contribution in [0.5, 0.6) is 5.75 Å². The molecule has 0 unspecified atom stereocenters. The van der Waals surface area contributed by atoms with Gasteiger partial charge in [0.05, 0.1) is 0 Å². The van der Waals surface area contributed by atoms with Crippen LogP contribution in [0.2, 0.25) is 5.02 Å². The second-order valence-electron chi connectivity index (χ2n) is 8.35. The van der Waals surface area contributed by atoms with Crippen LogP contribution >= 0.6 is 11.6 Å². The molecule has 0 spiro atoms. The molecule has 0 bridgehead atoms. The van der Waals surface area contributed by atoms with Gasteiger partial charge in [-0.25, -0.2) is 0 Å². The number of likely N-dealkylation sites (tertiary alicyclic amines) is 1. The van der Waals surface area contributed by atoms with Gasteiger partial charge in [0, 0.05) is 60.5 Å². The molecule has 1 saturated heterocycles. The Morgan fingerprint density at radius 2 is 1.26 bits per heavy atom. The fraction of sp³-hybridized carbons (Fsp3) is 0.250. The van der Waals surface area contributed by atoms with E-state index >= 15 is 0 Å². The summed E-state index contributed by atoms with van der Waals surface area (Å²) in [6.45, 7) is 1.22. The van der Waals surface area contributed by atoms with Gasteiger partial charge in [0.2, 0.25) is 0 Å². The molecule has 0 radical (unpaired) electrons. The SMILES string of the molecule is O=C(CCC(=O)c1ccc(C(=O)N2CCC(Oc3ccc(Cl)cc3)CC2)cc1)c1ccccc1. The number of amides is 1. The van der Waals surface area contributed by atoms with Gasteiger partial charge >= 0.3 is 0 Å². The lowest BCUT2D eigenvalue weighted by Crippen LogP contribution is -2.41. The Morgan fingerprint density at radius 1 is 0.735 bits per heavy atom. The van der Waals surface area contributed by atoms with Crippen LogP contribution in [0.15, 0.2) is 78.9 Å². The predicted molar refractivity (Wildman–Crippen MR) is 132 cm³/mol. The number of nitrogens with zero attached hydrogens (tertiary/aromatic N) is 1. The number of ether oxygens (including phenoxy) is 1. The summed E-state index contributed by atoms with van der Waals surface area (Å²) in [5.74, 6) is 0.565. The molecule has 0 aromatic heterocycles. The van der Waals surface area contributed by atoms with Gasteiger partial charge in [0.15, 0.2) is 11.6 Å². The molecule has 1 fully saturated rings. The first-order chi connectivity index (χ1) is 16.5. The number of Topliss-reactive ketones (excluding diaryl/α,β-unsaturated/α-hetero) is 2. The number of piperidine rings is 1. The lowest BCUT2D eigenvalue weighted by atomic mass is 10.0. The summed E-state index contributed by atoms with van der Waals surface area (Å²) in [6.07, 6.45) is 1.86. The van der Waals surface area contributed by atoms with Crippen LogP contribution in [0.4, 0.5) is 0 Å². The summed E-state index contributed by atoms with van der Waals surface area (Å²) in [7, 11) is 0. The van der Waals surface area contributed by atoms with Crippen molar-refractivity contribution in [1.29, 1.82) is 0 Å². The smallest absolute Gasteiger partial charge is 0.253 e. The van der Waals surface area contributed by atoms with Gasteiger partial charge in [-0.2, -0.15) is 0 Å². The molecule has 34 heavy (non-hydrogen) atoms. The van der Waals surface area contributed by atoms with Crippen LogP contribution in [0.3, 0.4) is 0 Å². The zero-order valence-electron chi connectivity index (χ0n) is 18.8.